The molecular weight excluding hydrogens is 412 g/mol. The van der Waals surface area contributed by atoms with Crippen LogP contribution in [0.5, 0.6) is 5.75 Å². The molecule has 1 saturated heterocycles. The first-order valence-corrected chi connectivity index (χ1v) is 12.8. The van der Waals surface area contributed by atoms with Crippen LogP contribution < -0.4 is 4.74 Å². The van der Waals surface area contributed by atoms with Gasteiger partial charge in [0.05, 0.1) is 6.33 Å². The molecule has 0 unspecified atom stereocenters. The zero-order chi connectivity index (χ0) is 22.9. The number of carbonyl (C=O) groups is 1. The summed E-state index contributed by atoms with van der Waals surface area (Å²) in [6.45, 7) is 8.37. The lowest BCUT2D eigenvalue weighted by molar-refractivity contribution is -0.134. The number of aryl methyl sites for hydroxylation is 1. The van der Waals surface area contributed by atoms with Gasteiger partial charge >= 0.3 is 0 Å². The van der Waals surface area contributed by atoms with Crippen LogP contribution in [0.1, 0.15) is 57.4 Å². The first-order chi connectivity index (χ1) is 16.2. The number of piperidine rings is 1. The van der Waals surface area contributed by atoms with E-state index in [2.05, 4.69) is 46.0 Å². The molecule has 1 spiro atoms. The van der Waals surface area contributed by atoms with E-state index >= 15 is 0 Å². The molecule has 0 aliphatic carbocycles. The summed E-state index contributed by atoms with van der Waals surface area (Å²) < 4.78 is 8.11. The number of para-hydroxylation sites is 1. The maximum atomic E-state index is 12.8. The molecule has 180 valence electrons. The van der Waals surface area contributed by atoms with E-state index < -0.39 is 0 Å². The molecule has 1 aromatic carbocycles. The molecule has 0 N–H and O–H groups in total. The normalized spacial score (nSPS) is 19.8. The highest BCUT2D eigenvalue weighted by molar-refractivity contribution is 5.76. The number of unbranched alkanes of at least 4 members (excludes halogenated alkanes) is 1. The molecule has 2 aliphatic rings. The molecule has 6 heteroatoms. The monoisotopic (exact) mass is 452 g/mol. The van der Waals surface area contributed by atoms with Gasteiger partial charge < -0.3 is 14.2 Å². The van der Waals surface area contributed by atoms with Crippen molar-refractivity contribution >= 4 is 5.91 Å². The fraction of sp³-hybridized carbons (Fsp3) is 0.630. The van der Waals surface area contributed by atoms with Gasteiger partial charge in [-0.15, -0.1) is 0 Å². The van der Waals surface area contributed by atoms with Gasteiger partial charge in [-0.05, 0) is 62.1 Å². The van der Waals surface area contributed by atoms with Crippen LogP contribution in [0, 0.1) is 5.41 Å². The van der Waals surface area contributed by atoms with Crippen molar-refractivity contribution in [2.45, 2.75) is 64.8 Å². The minimum absolute atomic E-state index is 0.212. The fourth-order valence-corrected chi connectivity index (χ4v) is 5.43. The number of hydrogen-bond acceptors (Lipinski definition) is 4. The molecular formula is C27H40N4O2. The van der Waals surface area contributed by atoms with Crippen LogP contribution in [0.25, 0.3) is 0 Å². The van der Waals surface area contributed by atoms with Gasteiger partial charge in [0.2, 0.25) is 5.91 Å². The molecule has 33 heavy (non-hydrogen) atoms. The zero-order valence-electron chi connectivity index (χ0n) is 20.3. The molecule has 6 nitrogen and oxygen atoms in total. The lowest BCUT2D eigenvalue weighted by Crippen LogP contribution is -2.49. The Labute approximate surface area is 198 Å². The third-order valence-electron chi connectivity index (χ3n) is 7.48. The highest BCUT2D eigenvalue weighted by Gasteiger charge is 2.37. The Morgan fingerprint density at radius 2 is 1.97 bits per heavy atom. The summed E-state index contributed by atoms with van der Waals surface area (Å²) in [5.74, 6) is 1.27. The Bertz CT molecular complexity index is 859. The summed E-state index contributed by atoms with van der Waals surface area (Å²) >= 11 is 0. The summed E-state index contributed by atoms with van der Waals surface area (Å²) in [4.78, 5) is 21.6. The zero-order valence-corrected chi connectivity index (χ0v) is 20.3. The van der Waals surface area contributed by atoms with Gasteiger partial charge in [-0.25, -0.2) is 4.98 Å². The van der Waals surface area contributed by atoms with E-state index in [0.29, 0.717) is 12.0 Å². The van der Waals surface area contributed by atoms with Gasteiger partial charge in [-0.3, -0.25) is 9.69 Å². The van der Waals surface area contributed by atoms with Gasteiger partial charge in [0.25, 0.3) is 0 Å². The van der Waals surface area contributed by atoms with Gasteiger partial charge in [0, 0.05) is 38.6 Å². The van der Waals surface area contributed by atoms with Crippen molar-refractivity contribution in [2.75, 3.05) is 39.3 Å². The average Bonchev–Trinajstić information content (AvgIpc) is 3.34. The van der Waals surface area contributed by atoms with Crippen LogP contribution in [0.2, 0.25) is 0 Å². The van der Waals surface area contributed by atoms with Gasteiger partial charge in [0.15, 0.2) is 0 Å². The number of imidazole rings is 1. The number of aromatic nitrogens is 2. The third-order valence-corrected chi connectivity index (χ3v) is 7.48. The second-order valence-electron chi connectivity index (χ2n) is 9.91. The van der Waals surface area contributed by atoms with Crippen molar-refractivity contribution in [1.29, 1.82) is 0 Å². The smallest absolute Gasteiger partial charge is 0.242 e. The van der Waals surface area contributed by atoms with E-state index in [0.717, 1.165) is 64.3 Å². The minimum Gasteiger partial charge on any atom is -0.492 e. The molecule has 1 fully saturated rings. The predicted octanol–water partition coefficient (Wildman–Crippen LogP) is 4.40. The van der Waals surface area contributed by atoms with E-state index in [1.54, 1.807) is 12.5 Å². The molecule has 2 aromatic rings. The Morgan fingerprint density at radius 1 is 1.12 bits per heavy atom. The lowest BCUT2D eigenvalue weighted by atomic mass is 9.73. The largest absolute Gasteiger partial charge is 0.492 e. The maximum absolute atomic E-state index is 12.8. The SMILES string of the molecule is CCCCN1CCOc2ccccc2CCCCC2(CCN(C(=O)Cn3ccnc3)CC2)C1. The second kappa shape index (κ2) is 11.7. The molecule has 2 aliphatic heterocycles. The predicted molar refractivity (Wildman–Crippen MR) is 131 cm³/mol. The van der Waals surface area contributed by atoms with Crippen LogP contribution in [0.3, 0.4) is 0 Å². The average molecular weight is 453 g/mol. The molecule has 0 radical (unpaired) electrons. The number of likely N-dealkylation sites (tertiary alicyclic amines) is 1. The van der Waals surface area contributed by atoms with E-state index in [9.17, 15) is 4.79 Å². The van der Waals surface area contributed by atoms with E-state index in [4.69, 9.17) is 4.74 Å². The Hall–Kier alpha value is -2.34. The number of ether oxygens (including phenoxy) is 1. The summed E-state index contributed by atoms with van der Waals surface area (Å²) in [5.41, 5.74) is 1.64. The number of amides is 1. The lowest BCUT2D eigenvalue weighted by Gasteiger charge is -2.45. The van der Waals surface area contributed by atoms with Crippen molar-refractivity contribution in [2.24, 2.45) is 5.41 Å². The first kappa shape index (κ1) is 23.8. The highest BCUT2D eigenvalue weighted by atomic mass is 16.5. The second-order valence-corrected chi connectivity index (χ2v) is 9.91. The molecule has 3 heterocycles. The van der Waals surface area contributed by atoms with Crippen molar-refractivity contribution < 1.29 is 9.53 Å². The molecule has 0 bridgehead atoms. The Morgan fingerprint density at radius 3 is 2.76 bits per heavy atom. The molecule has 4 rings (SSSR count). The number of benzene rings is 1. The van der Waals surface area contributed by atoms with Crippen LogP contribution in [-0.2, 0) is 17.8 Å². The van der Waals surface area contributed by atoms with Crippen molar-refractivity contribution in [3.8, 4) is 5.75 Å². The molecule has 0 atom stereocenters. The van der Waals surface area contributed by atoms with E-state index in [-0.39, 0.29) is 5.91 Å². The molecule has 1 aromatic heterocycles. The van der Waals surface area contributed by atoms with Gasteiger partial charge in [-0.2, -0.15) is 0 Å². The van der Waals surface area contributed by atoms with Gasteiger partial charge in [-0.1, -0.05) is 38.0 Å². The number of nitrogens with zero attached hydrogens (tertiary/aromatic N) is 4. The third kappa shape index (κ3) is 6.59. The number of hydrogen-bond donors (Lipinski definition) is 0. The Kier molecular flexibility index (Phi) is 8.43. The van der Waals surface area contributed by atoms with Crippen molar-refractivity contribution in [1.82, 2.24) is 19.4 Å². The first-order valence-electron chi connectivity index (χ1n) is 12.8. The van der Waals surface area contributed by atoms with Crippen molar-refractivity contribution in [3.63, 3.8) is 0 Å². The number of carbonyl (C=O) groups excluding carboxylic acids is 1. The topological polar surface area (TPSA) is 50.6 Å². The highest BCUT2D eigenvalue weighted by Crippen LogP contribution is 2.38. The standard InChI is InChI=1S/C27H40N4O2/c1-2-3-15-29-19-20-33-25-10-5-4-8-24(25)9-6-7-11-27(22-29)12-16-31(17-13-27)26(32)21-30-18-14-28-23-30/h4-5,8,10,14,18,23H,2-3,6-7,9,11-13,15-17,19-22H2,1H3. The number of fused-ring (bicyclic) bond motifs is 1. The molecule has 1 amide bonds. The Balaban J connectivity index is 1.42. The van der Waals surface area contributed by atoms with E-state index in [1.807, 2.05) is 10.8 Å². The van der Waals surface area contributed by atoms with Crippen molar-refractivity contribution in [3.05, 3.63) is 48.5 Å². The summed E-state index contributed by atoms with van der Waals surface area (Å²) in [7, 11) is 0. The van der Waals surface area contributed by atoms with Crippen LogP contribution >= 0.6 is 0 Å². The van der Waals surface area contributed by atoms with E-state index in [1.165, 1.54) is 37.7 Å². The minimum atomic E-state index is 0.212. The maximum Gasteiger partial charge on any atom is 0.242 e. The summed E-state index contributed by atoms with van der Waals surface area (Å²) in [6, 6.07) is 8.54. The number of rotatable bonds is 5. The van der Waals surface area contributed by atoms with Crippen LogP contribution in [0.15, 0.2) is 43.0 Å². The molecule has 0 saturated carbocycles. The summed E-state index contributed by atoms with van der Waals surface area (Å²) in [5, 5.41) is 0. The summed E-state index contributed by atoms with van der Waals surface area (Å²) in [6.07, 6.45) is 14.7. The van der Waals surface area contributed by atoms with Crippen LogP contribution in [0.4, 0.5) is 0 Å². The quantitative estimate of drug-likeness (QED) is 0.675. The van der Waals surface area contributed by atoms with Gasteiger partial charge in [0.1, 0.15) is 18.9 Å². The fourth-order valence-electron chi connectivity index (χ4n) is 5.43. The van der Waals surface area contributed by atoms with Crippen LogP contribution in [-0.4, -0.2) is 64.6 Å².